The summed E-state index contributed by atoms with van der Waals surface area (Å²) in [6.07, 6.45) is -20.1. The van der Waals surface area contributed by atoms with Crippen molar-refractivity contribution in [2.24, 2.45) is 0 Å². The van der Waals surface area contributed by atoms with Gasteiger partial charge in [0.25, 0.3) is 0 Å². The number of carbonyl (C=O) groups excluding carboxylic acids is 3. The van der Waals surface area contributed by atoms with Crippen molar-refractivity contribution in [1.29, 1.82) is 0 Å². The van der Waals surface area contributed by atoms with E-state index >= 15 is 0 Å². The minimum Gasteiger partial charge on any atom is -0.394 e. The fraction of sp³-hybridized carbons (Fsp3) is 0.815. The summed E-state index contributed by atoms with van der Waals surface area (Å²) in [6, 6.07) is -1.49. The Morgan fingerprint density at radius 1 is 0.750 bits per heavy atom. The number of hydrogen-bond donors (Lipinski definition) is 12. The molecule has 0 aromatic heterocycles. The molecule has 276 valence electrons. The highest BCUT2D eigenvalue weighted by molar-refractivity contribution is 7.99. The van der Waals surface area contributed by atoms with Crippen molar-refractivity contribution < 1.29 is 84.0 Å². The Morgan fingerprint density at radius 3 is 1.94 bits per heavy atom. The van der Waals surface area contributed by atoms with E-state index in [9.17, 15) is 60.3 Å². The molecule has 3 aliphatic heterocycles. The highest BCUT2D eigenvalue weighted by Crippen LogP contribution is 2.34. The highest BCUT2D eigenvalue weighted by atomic mass is 32.2. The normalized spacial score (nSPS) is 40.1. The second-order valence-electron chi connectivity index (χ2n) is 11.2. The molecule has 3 rings (SSSR count). The Morgan fingerprint density at radius 2 is 1.33 bits per heavy atom. The maximum absolute atomic E-state index is 12.1. The van der Waals surface area contributed by atoms with Gasteiger partial charge in [-0.15, -0.1) is 11.8 Å². The summed E-state index contributed by atoms with van der Waals surface area (Å²) < 4.78 is 28.4. The van der Waals surface area contributed by atoms with Crippen LogP contribution in [0.15, 0.2) is 12.7 Å². The fourth-order valence-electron chi connectivity index (χ4n) is 5.25. The van der Waals surface area contributed by atoms with Gasteiger partial charge >= 0.3 is 0 Å². The zero-order valence-electron chi connectivity index (χ0n) is 25.9. The summed E-state index contributed by atoms with van der Waals surface area (Å²) in [7, 11) is 0. The maximum atomic E-state index is 12.1. The lowest BCUT2D eigenvalue weighted by atomic mass is 9.94. The molecule has 0 bridgehead atoms. The number of aliphatic hydroxyl groups excluding tert-OH is 9. The molecule has 15 atom stereocenters. The van der Waals surface area contributed by atoms with Crippen LogP contribution < -0.4 is 16.0 Å². The predicted molar refractivity (Wildman–Crippen MR) is 159 cm³/mol. The second kappa shape index (κ2) is 18.8. The fourth-order valence-corrected chi connectivity index (χ4v) is 6.36. The van der Waals surface area contributed by atoms with Crippen molar-refractivity contribution in [3.8, 4) is 0 Å². The molecule has 48 heavy (non-hydrogen) atoms. The van der Waals surface area contributed by atoms with Crippen LogP contribution in [0.5, 0.6) is 0 Å². The maximum Gasteiger partial charge on any atom is 0.244 e. The summed E-state index contributed by atoms with van der Waals surface area (Å²) in [4.78, 5) is 35.3. The number of amides is 3. The number of carbonyl (C=O) groups is 3. The monoisotopic (exact) mass is 715 g/mol. The summed E-state index contributed by atoms with van der Waals surface area (Å²) in [5.41, 5.74) is -1.13. The molecule has 0 aromatic carbocycles. The van der Waals surface area contributed by atoms with Crippen LogP contribution in [0.4, 0.5) is 0 Å². The molecule has 0 saturated carbocycles. The van der Waals surface area contributed by atoms with E-state index < -0.39 is 129 Å². The number of rotatable bonds is 15. The van der Waals surface area contributed by atoms with Crippen LogP contribution in [0.25, 0.3) is 0 Å². The minimum absolute atomic E-state index is 0.0534. The van der Waals surface area contributed by atoms with Gasteiger partial charge in [0.05, 0.1) is 26.5 Å². The lowest BCUT2D eigenvalue weighted by Crippen LogP contribution is -2.69. The first kappa shape index (κ1) is 40.4. The van der Waals surface area contributed by atoms with Crippen molar-refractivity contribution in [3.63, 3.8) is 0 Å². The van der Waals surface area contributed by atoms with E-state index in [1.807, 2.05) is 0 Å². The zero-order chi connectivity index (χ0) is 35.7. The van der Waals surface area contributed by atoms with Gasteiger partial charge in [-0.2, -0.15) is 0 Å². The molecule has 0 aliphatic carbocycles. The third-order valence-electron chi connectivity index (χ3n) is 7.82. The van der Waals surface area contributed by atoms with Gasteiger partial charge in [0.2, 0.25) is 17.7 Å². The first-order valence-corrected chi connectivity index (χ1v) is 16.1. The van der Waals surface area contributed by atoms with Crippen molar-refractivity contribution in [2.45, 2.75) is 105 Å². The standard InChI is InChI=1S/C27H45N3O17S/c1-3-14(35)28-9-29-15(36)4-5-48-27-22(42)20(40)24(13(8-33)45-27)46-25-16(30-10(2)34)18(38)23(12(7-32)44-25)47-26-21(41)19(39)17(37)11(6-31)43-26/h3,11-13,16-27,31-33,37-42H,1,4-9H2,2H3,(H,28,35)(H,29,36)(H,30,34)/t11-,12-,13-,16-,17-,18-,19+,20-,21-,22-,23-,24-,25+,26+,27+/m1/s1. The number of nitrogens with one attached hydrogen (secondary N) is 3. The lowest BCUT2D eigenvalue weighted by molar-refractivity contribution is -0.358. The van der Waals surface area contributed by atoms with Crippen LogP contribution in [-0.2, 0) is 38.1 Å². The molecule has 3 saturated heterocycles. The van der Waals surface area contributed by atoms with Crippen LogP contribution in [-0.4, -0.2) is 187 Å². The Kier molecular flexibility index (Phi) is 15.8. The molecule has 3 fully saturated rings. The van der Waals surface area contributed by atoms with Crippen molar-refractivity contribution in [3.05, 3.63) is 12.7 Å². The Bertz CT molecular complexity index is 1070. The van der Waals surface area contributed by atoms with Crippen LogP contribution in [0.3, 0.4) is 0 Å². The van der Waals surface area contributed by atoms with Crippen LogP contribution in [0.1, 0.15) is 13.3 Å². The highest BCUT2D eigenvalue weighted by Gasteiger charge is 2.54. The molecule has 21 heteroatoms. The van der Waals surface area contributed by atoms with Gasteiger partial charge < -0.3 is 85.6 Å². The number of thioether (sulfide) groups is 1. The van der Waals surface area contributed by atoms with E-state index in [2.05, 4.69) is 22.5 Å². The summed E-state index contributed by atoms with van der Waals surface area (Å²) in [6.45, 7) is 1.93. The smallest absolute Gasteiger partial charge is 0.244 e. The molecule has 0 radical (unpaired) electrons. The lowest BCUT2D eigenvalue weighted by Gasteiger charge is -2.49. The van der Waals surface area contributed by atoms with Gasteiger partial charge in [0, 0.05) is 19.1 Å². The Hall–Kier alpha value is -2.06. The van der Waals surface area contributed by atoms with Crippen molar-refractivity contribution in [2.75, 3.05) is 32.2 Å². The average Bonchev–Trinajstić information content (AvgIpc) is 3.06. The summed E-state index contributed by atoms with van der Waals surface area (Å²) >= 11 is 0.959. The molecular weight excluding hydrogens is 670 g/mol. The largest absolute Gasteiger partial charge is 0.394 e. The van der Waals surface area contributed by atoms with E-state index in [1.54, 1.807) is 0 Å². The van der Waals surface area contributed by atoms with E-state index in [0.717, 1.165) is 24.8 Å². The molecular formula is C27H45N3O17S. The molecule has 20 nitrogen and oxygen atoms in total. The van der Waals surface area contributed by atoms with Crippen LogP contribution in [0.2, 0.25) is 0 Å². The van der Waals surface area contributed by atoms with Gasteiger partial charge in [-0.1, -0.05) is 6.58 Å². The van der Waals surface area contributed by atoms with Gasteiger partial charge in [-0.05, 0) is 6.08 Å². The zero-order valence-corrected chi connectivity index (χ0v) is 26.7. The molecule has 3 amide bonds. The van der Waals surface area contributed by atoms with E-state index in [4.69, 9.17) is 23.7 Å². The number of hydrogen-bond acceptors (Lipinski definition) is 18. The van der Waals surface area contributed by atoms with Gasteiger partial charge in [-0.25, -0.2) is 0 Å². The third-order valence-corrected chi connectivity index (χ3v) is 8.98. The van der Waals surface area contributed by atoms with Crippen molar-refractivity contribution in [1.82, 2.24) is 16.0 Å². The number of ether oxygens (including phenoxy) is 5. The quantitative estimate of drug-likeness (QED) is 0.0554. The predicted octanol–water partition coefficient (Wildman–Crippen LogP) is -6.92. The SMILES string of the molecule is C=CC(=O)NCNC(=O)CCS[C@@H]1O[C@H](CO)[C@@H](O[C@@H]2O[C@H](CO)[C@@H](O[C@@H]3O[C@H](CO)[C@@H](O)[C@H](O)[C@H]3O)[C@H](O)[C@H]2NC(C)=O)[C@H](O)[C@H]1O. The summed E-state index contributed by atoms with van der Waals surface area (Å²) in [5, 5.41) is 101. The first-order valence-electron chi connectivity index (χ1n) is 15.0. The van der Waals surface area contributed by atoms with E-state index in [1.165, 1.54) is 0 Å². The Labute approximate surface area is 278 Å². The first-order chi connectivity index (χ1) is 22.8. The molecule has 12 N–H and O–H groups in total. The second-order valence-corrected chi connectivity index (χ2v) is 12.4. The van der Waals surface area contributed by atoms with Crippen LogP contribution >= 0.6 is 11.8 Å². The summed E-state index contributed by atoms with van der Waals surface area (Å²) in [5.74, 6) is -1.49. The van der Waals surface area contributed by atoms with E-state index in [0.29, 0.717) is 0 Å². The average molecular weight is 716 g/mol. The topological polar surface area (TPSA) is 316 Å². The minimum atomic E-state index is -1.87. The van der Waals surface area contributed by atoms with Gasteiger partial charge in [0.15, 0.2) is 12.6 Å². The van der Waals surface area contributed by atoms with E-state index in [-0.39, 0.29) is 18.8 Å². The molecule has 3 heterocycles. The van der Waals surface area contributed by atoms with Crippen LogP contribution in [0, 0.1) is 0 Å². The van der Waals surface area contributed by atoms with Gasteiger partial charge in [-0.3, -0.25) is 14.4 Å². The van der Waals surface area contributed by atoms with Gasteiger partial charge in [0.1, 0.15) is 78.6 Å². The number of aliphatic hydroxyl groups is 9. The molecule has 0 spiro atoms. The Balaban J connectivity index is 1.68. The molecule has 0 unspecified atom stereocenters. The molecule has 3 aliphatic rings. The molecule has 0 aromatic rings. The third kappa shape index (κ3) is 10.0. The van der Waals surface area contributed by atoms with Crippen molar-refractivity contribution >= 4 is 29.5 Å².